The highest BCUT2D eigenvalue weighted by Crippen LogP contribution is 2.29. The van der Waals surface area contributed by atoms with Gasteiger partial charge in [-0.1, -0.05) is 27.4 Å². The van der Waals surface area contributed by atoms with Crippen molar-refractivity contribution in [3.05, 3.63) is 12.2 Å². The van der Waals surface area contributed by atoms with Gasteiger partial charge < -0.3 is 10.6 Å². The van der Waals surface area contributed by atoms with Gasteiger partial charge in [0.1, 0.15) is 0 Å². The Kier molecular flexibility index (Phi) is 6.34. The molecule has 0 saturated carbocycles. The largest absolute Gasteiger partial charge is 0.339 e. The number of hydrogen-bond acceptors (Lipinski definition) is 2. The van der Waals surface area contributed by atoms with Crippen molar-refractivity contribution in [2.24, 2.45) is 11.1 Å². The molecule has 0 aliphatic rings. The van der Waals surface area contributed by atoms with Crippen LogP contribution < -0.4 is 5.73 Å². The van der Waals surface area contributed by atoms with Crippen LogP contribution in [0.15, 0.2) is 12.2 Å². The van der Waals surface area contributed by atoms with E-state index in [9.17, 15) is 4.79 Å². The maximum atomic E-state index is 12.2. The molecule has 0 aliphatic carbocycles. The average molecular weight is 226 g/mol. The van der Waals surface area contributed by atoms with E-state index in [0.29, 0.717) is 12.1 Å². The summed E-state index contributed by atoms with van der Waals surface area (Å²) >= 11 is 0. The fourth-order valence-electron chi connectivity index (χ4n) is 1.38. The molecule has 0 aromatic rings. The second-order valence-corrected chi connectivity index (χ2v) is 4.74. The van der Waals surface area contributed by atoms with Crippen LogP contribution in [0.5, 0.6) is 0 Å². The van der Waals surface area contributed by atoms with Gasteiger partial charge in [0.25, 0.3) is 0 Å². The lowest BCUT2D eigenvalue weighted by Gasteiger charge is -2.29. The number of carbonyl (C=O) groups is 1. The van der Waals surface area contributed by atoms with Gasteiger partial charge in [-0.25, -0.2) is 0 Å². The lowest BCUT2D eigenvalue weighted by molar-refractivity contribution is -0.128. The van der Waals surface area contributed by atoms with Gasteiger partial charge >= 0.3 is 0 Å². The Hall–Kier alpha value is -0.830. The van der Waals surface area contributed by atoms with Gasteiger partial charge in [0.2, 0.25) is 5.91 Å². The van der Waals surface area contributed by atoms with Gasteiger partial charge in [0.15, 0.2) is 0 Å². The third kappa shape index (κ3) is 3.97. The summed E-state index contributed by atoms with van der Waals surface area (Å²) < 4.78 is 0. The number of hydrogen-bond donors (Lipinski definition) is 1. The molecule has 0 aromatic carbocycles. The van der Waals surface area contributed by atoms with Crippen LogP contribution in [-0.4, -0.2) is 30.4 Å². The Bertz CT molecular complexity index is 246. The Morgan fingerprint density at radius 2 is 1.94 bits per heavy atom. The molecule has 0 radical (unpaired) electrons. The quantitative estimate of drug-likeness (QED) is 0.676. The molecule has 0 bridgehead atoms. The summed E-state index contributed by atoms with van der Waals surface area (Å²) in [6.45, 7) is 14.2. The predicted octanol–water partition coefficient (Wildman–Crippen LogP) is 2.18. The fraction of sp³-hybridized carbons (Fsp3) is 0.769. The Morgan fingerprint density at radius 1 is 1.38 bits per heavy atom. The molecule has 0 rings (SSSR count). The SMILES string of the molecule is C=C(C(=O)N(CC)CCCN)C(C)(C)CC. The molecular weight excluding hydrogens is 200 g/mol. The maximum Gasteiger partial charge on any atom is 0.249 e. The molecule has 0 atom stereocenters. The molecular formula is C13H26N2O. The van der Waals surface area contributed by atoms with E-state index in [2.05, 4.69) is 27.4 Å². The van der Waals surface area contributed by atoms with Crippen molar-refractivity contribution in [1.82, 2.24) is 4.90 Å². The predicted molar refractivity (Wildman–Crippen MR) is 69.1 cm³/mol. The number of carbonyl (C=O) groups excluding carboxylic acids is 1. The maximum absolute atomic E-state index is 12.2. The highest BCUT2D eigenvalue weighted by Gasteiger charge is 2.27. The lowest BCUT2D eigenvalue weighted by Crippen LogP contribution is -2.37. The minimum Gasteiger partial charge on any atom is -0.339 e. The minimum absolute atomic E-state index is 0.0720. The minimum atomic E-state index is -0.118. The first-order chi connectivity index (χ1) is 7.40. The van der Waals surface area contributed by atoms with Crippen molar-refractivity contribution >= 4 is 5.91 Å². The van der Waals surface area contributed by atoms with Crippen LogP contribution in [0.25, 0.3) is 0 Å². The van der Waals surface area contributed by atoms with Gasteiger partial charge in [-0.15, -0.1) is 0 Å². The molecule has 3 nitrogen and oxygen atoms in total. The molecule has 0 saturated heterocycles. The summed E-state index contributed by atoms with van der Waals surface area (Å²) in [6.07, 6.45) is 1.77. The van der Waals surface area contributed by atoms with Crippen molar-refractivity contribution in [1.29, 1.82) is 0 Å². The van der Waals surface area contributed by atoms with E-state index >= 15 is 0 Å². The first-order valence-electron chi connectivity index (χ1n) is 6.09. The Balaban J connectivity index is 4.56. The molecule has 0 spiro atoms. The zero-order valence-corrected chi connectivity index (χ0v) is 11.2. The van der Waals surface area contributed by atoms with E-state index in [1.165, 1.54) is 0 Å². The van der Waals surface area contributed by atoms with E-state index in [-0.39, 0.29) is 11.3 Å². The van der Waals surface area contributed by atoms with E-state index in [1.807, 2.05) is 11.8 Å². The van der Waals surface area contributed by atoms with E-state index in [4.69, 9.17) is 5.73 Å². The summed E-state index contributed by atoms with van der Waals surface area (Å²) in [5.41, 5.74) is 6.04. The molecule has 0 heterocycles. The summed E-state index contributed by atoms with van der Waals surface area (Å²) in [7, 11) is 0. The standard InChI is InChI=1S/C13H26N2O/c1-6-13(4,5)11(3)12(16)15(7-2)10-8-9-14/h3,6-10,14H2,1-2,4-5H3. The number of nitrogens with zero attached hydrogens (tertiary/aromatic N) is 1. The average Bonchev–Trinajstić information content (AvgIpc) is 2.28. The zero-order valence-electron chi connectivity index (χ0n) is 11.2. The van der Waals surface area contributed by atoms with Crippen molar-refractivity contribution < 1.29 is 4.79 Å². The van der Waals surface area contributed by atoms with Crippen LogP contribution in [0, 0.1) is 5.41 Å². The van der Waals surface area contributed by atoms with E-state index in [0.717, 1.165) is 25.9 Å². The smallest absolute Gasteiger partial charge is 0.249 e. The second-order valence-electron chi connectivity index (χ2n) is 4.74. The van der Waals surface area contributed by atoms with E-state index < -0.39 is 0 Å². The molecule has 2 N–H and O–H groups in total. The van der Waals surface area contributed by atoms with Gasteiger partial charge in [-0.2, -0.15) is 0 Å². The normalized spacial score (nSPS) is 11.3. The molecule has 94 valence electrons. The van der Waals surface area contributed by atoms with Gasteiger partial charge in [-0.3, -0.25) is 4.79 Å². The summed E-state index contributed by atoms with van der Waals surface area (Å²) in [6, 6.07) is 0. The Morgan fingerprint density at radius 3 is 2.31 bits per heavy atom. The molecule has 0 fully saturated rings. The van der Waals surface area contributed by atoms with Crippen molar-refractivity contribution in [3.63, 3.8) is 0 Å². The molecule has 1 amide bonds. The number of amides is 1. The van der Waals surface area contributed by atoms with Crippen molar-refractivity contribution in [2.45, 2.75) is 40.5 Å². The number of nitrogens with two attached hydrogens (primary N) is 1. The van der Waals surface area contributed by atoms with Gasteiger partial charge in [0, 0.05) is 18.7 Å². The van der Waals surface area contributed by atoms with Crippen LogP contribution in [0.4, 0.5) is 0 Å². The number of likely N-dealkylation sites (N-methyl/N-ethyl adjacent to an activating group) is 1. The first-order valence-corrected chi connectivity index (χ1v) is 6.09. The molecule has 3 heteroatoms. The Labute approximate surface area is 99.7 Å². The zero-order chi connectivity index (χ0) is 12.8. The monoisotopic (exact) mass is 226 g/mol. The summed E-state index contributed by atoms with van der Waals surface area (Å²) in [5, 5.41) is 0. The highest BCUT2D eigenvalue weighted by atomic mass is 16.2. The van der Waals surface area contributed by atoms with Crippen LogP contribution in [0.1, 0.15) is 40.5 Å². The van der Waals surface area contributed by atoms with E-state index in [1.54, 1.807) is 0 Å². The van der Waals surface area contributed by atoms with Crippen LogP contribution in [0.2, 0.25) is 0 Å². The lowest BCUT2D eigenvalue weighted by atomic mass is 9.82. The fourth-order valence-corrected chi connectivity index (χ4v) is 1.38. The van der Waals surface area contributed by atoms with Crippen LogP contribution in [0.3, 0.4) is 0 Å². The first kappa shape index (κ1) is 15.2. The number of rotatable bonds is 7. The van der Waals surface area contributed by atoms with Crippen LogP contribution >= 0.6 is 0 Å². The molecule has 0 aliphatic heterocycles. The van der Waals surface area contributed by atoms with Crippen molar-refractivity contribution in [2.75, 3.05) is 19.6 Å². The third-order valence-corrected chi connectivity index (χ3v) is 3.26. The van der Waals surface area contributed by atoms with Gasteiger partial charge in [-0.05, 0) is 31.7 Å². The molecule has 0 unspecified atom stereocenters. The topological polar surface area (TPSA) is 46.3 Å². The summed E-state index contributed by atoms with van der Waals surface area (Å²) in [4.78, 5) is 14.0. The van der Waals surface area contributed by atoms with Crippen LogP contribution in [-0.2, 0) is 4.79 Å². The van der Waals surface area contributed by atoms with Crippen molar-refractivity contribution in [3.8, 4) is 0 Å². The third-order valence-electron chi connectivity index (χ3n) is 3.26. The summed E-state index contributed by atoms with van der Waals surface area (Å²) in [5.74, 6) is 0.0720. The molecule has 0 aromatic heterocycles. The molecule has 16 heavy (non-hydrogen) atoms. The highest BCUT2D eigenvalue weighted by molar-refractivity contribution is 5.94. The second kappa shape index (κ2) is 6.69. The van der Waals surface area contributed by atoms with Gasteiger partial charge in [0.05, 0.1) is 0 Å².